The Kier molecular flexibility index (Phi) is 10.9. The van der Waals surface area contributed by atoms with Crippen molar-refractivity contribution >= 4 is 33.2 Å². The Labute approximate surface area is 141 Å². The van der Waals surface area contributed by atoms with Crippen molar-refractivity contribution in [3.05, 3.63) is 20.8 Å². The van der Waals surface area contributed by atoms with Crippen molar-refractivity contribution in [2.75, 3.05) is 6.61 Å². The normalized spacial score (nSPS) is 10.8. The van der Waals surface area contributed by atoms with Gasteiger partial charge in [-0.05, 0) is 33.8 Å². The van der Waals surface area contributed by atoms with E-state index in [4.69, 9.17) is 4.74 Å². The molecule has 0 aliphatic carbocycles. The van der Waals surface area contributed by atoms with E-state index in [1.54, 1.807) is 6.07 Å². The Morgan fingerprint density at radius 3 is 2.14 bits per heavy atom. The van der Waals surface area contributed by atoms with Gasteiger partial charge in [-0.15, -0.1) is 11.3 Å². The second kappa shape index (κ2) is 12.2. The molecule has 1 heterocycles. The van der Waals surface area contributed by atoms with Crippen molar-refractivity contribution in [1.29, 1.82) is 0 Å². The van der Waals surface area contributed by atoms with Gasteiger partial charge in [-0.3, -0.25) is 0 Å². The van der Waals surface area contributed by atoms with E-state index in [0.29, 0.717) is 12.2 Å². The molecule has 0 aliphatic heterocycles. The van der Waals surface area contributed by atoms with Gasteiger partial charge in [0, 0.05) is 0 Å². The average Bonchev–Trinajstić information content (AvgIpc) is 2.91. The summed E-state index contributed by atoms with van der Waals surface area (Å²) in [5.41, 5.74) is 0.645. The van der Waals surface area contributed by atoms with Crippen molar-refractivity contribution in [3.63, 3.8) is 0 Å². The topological polar surface area (TPSA) is 26.3 Å². The van der Waals surface area contributed by atoms with Gasteiger partial charge in [-0.1, -0.05) is 64.7 Å². The summed E-state index contributed by atoms with van der Waals surface area (Å²) in [7, 11) is 0. The van der Waals surface area contributed by atoms with Crippen LogP contribution in [0.15, 0.2) is 15.2 Å². The molecule has 120 valence electrons. The molecule has 0 saturated heterocycles. The van der Waals surface area contributed by atoms with Crippen LogP contribution in [0.5, 0.6) is 0 Å². The van der Waals surface area contributed by atoms with E-state index in [2.05, 4.69) is 22.9 Å². The molecule has 2 nitrogen and oxygen atoms in total. The highest BCUT2D eigenvalue weighted by Gasteiger charge is 2.11. The highest BCUT2D eigenvalue weighted by atomic mass is 79.9. The lowest BCUT2D eigenvalue weighted by atomic mass is 10.1. The molecule has 1 aromatic heterocycles. The van der Waals surface area contributed by atoms with Gasteiger partial charge in [-0.2, -0.15) is 0 Å². The summed E-state index contributed by atoms with van der Waals surface area (Å²) in [6, 6.07) is 1.80. The molecule has 0 unspecified atom stereocenters. The molecular formula is C17H27BrO2S. The van der Waals surface area contributed by atoms with Gasteiger partial charge in [-0.25, -0.2) is 4.79 Å². The monoisotopic (exact) mass is 374 g/mol. The smallest absolute Gasteiger partial charge is 0.340 e. The first-order valence-corrected chi connectivity index (χ1v) is 9.83. The zero-order chi connectivity index (χ0) is 15.3. The Morgan fingerprint density at radius 2 is 1.62 bits per heavy atom. The summed E-state index contributed by atoms with van der Waals surface area (Å²) in [5, 5.41) is 1.89. The van der Waals surface area contributed by atoms with Crippen molar-refractivity contribution in [2.45, 2.75) is 71.1 Å². The predicted molar refractivity (Wildman–Crippen MR) is 94.1 cm³/mol. The van der Waals surface area contributed by atoms with Gasteiger partial charge in [0.1, 0.15) is 0 Å². The SMILES string of the molecule is CCCCCCCCCCCCOC(=O)c1ccsc1Br. The van der Waals surface area contributed by atoms with Crippen LogP contribution in [0.3, 0.4) is 0 Å². The summed E-state index contributed by atoms with van der Waals surface area (Å²) < 4.78 is 6.13. The van der Waals surface area contributed by atoms with Crippen LogP contribution in [0.25, 0.3) is 0 Å². The third-order valence-corrected chi connectivity index (χ3v) is 5.26. The summed E-state index contributed by atoms with van der Waals surface area (Å²) in [6.45, 7) is 2.79. The van der Waals surface area contributed by atoms with Crippen LogP contribution in [-0.4, -0.2) is 12.6 Å². The second-order valence-electron chi connectivity index (χ2n) is 5.43. The highest BCUT2D eigenvalue weighted by molar-refractivity contribution is 9.11. The zero-order valence-corrected chi connectivity index (χ0v) is 15.4. The van der Waals surface area contributed by atoms with Gasteiger partial charge in [0.2, 0.25) is 0 Å². The van der Waals surface area contributed by atoms with Crippen molar-refractivity contribution in [1.82, 2.24) is 0 Å². The second-order valence-corrected chi connectivity index (χ2v) is 7.66. The Morgan fingerprint density at radius 1 is 1.05 bits per heavy atom. The number of hydrogen-bond donors (Lipinski definition) is 0. The van der Waals surface area contributed by atoms with E-state index in [-0.39, 0.29) is 5.97 Å². The number of esters is 1. The summed E-state index contributed by atoms with van der Waals surface area (Å²) in [4.78, 5) is 11.7. The molecule has 0 radical (unpaired) electrons. The van der Waals surface area contributed by atoms with Gasteiger partial charge in [0.15, 0.2) is 0 Å². The quantitative estimate of drug-likeness (QED) is 0.304. The molecule has 21 heavy (non-hydrogen) atoms. The zero-order valence-electron chi connectivity index (χ0n) is 13.0. The first-order chi connectivity index (χ1) is 10.3. The molecule has 0 atom stereocenters. The molecule has 0 aromatic carbocycles. The number of halogens is 1. The summed E-state index contributed by atoms with van der Waals surface area (Å²) >= 11 is 4.87. The maximum atomic E-state index is 11.7. The molecule has 0 fully saturated rings. The van der Waals surface area contributed by atoms with Crippen LogP contribution in [0.4, 0.5) is 0 Å². The molecule has 0 spiro atoms. The fourth-order valence-corrected chi connectivity index (χ4v) is 3.49. The van der Waals surface area contributed by atoms with Gasteiger partial charge < -0.3 is 4.74 Å². The Balaban J connectivity index is 1.89. The lowest BCUT2D eigenvalue weighted by Crippen LogP contribution is -2.05. The highest BCUT2D eigenvalue weighted by Crippen LogP contribution is 2.24. The number of rotatable bonds is 12. The lowest BCUT2D eigenvalue weighted by Gasteiger charge is -2.04. The van der Waals surface area contributed by atoms with Crippen molar-refractivity contribution in [2.24, 2.45) is 0 Å². The van der Waals surface area contributed by atoms with E-state index < -0.39 is 0 Å². The molecule has 1 rings (SSSR count). The number of unbranched alkanes of at least 4 members (excludes halogenated alkanes) is 9. The number of carbonyl (C=O) groups excluding carboxylic acids is 1. The molecular weight excluding hydrogens is 348 g/mol. The molecule has 0 bridgehead atoms. The predicted octanol–water partition coefficient (Wildman–Crippen LogP) is 6.59. The number of ether oxygens (including phenoxy) is 1. The van der Waals surface area contributed by atoms with Gasteiger partial charge in [0.25, 0.3) is 0 Å². The fraction of sp³-hybridized carbons (Fsp3) is 0.706. The lowest BCUT2D eigenvalue weighted by molar-refractivity contribution is 0.0497. The van der Waals surface area contributed by atoms with E-state index in [1.165, 1.54) is 62.7 Å². The van der Waals surface area contributed by atoms with E-state index >= 15 is 0 Å². The number of thiophene rings is 1. The van der Waals surface area contributed by atoms with Crippen LogP contribution in [-0.2, 0) is 4.74 Å². The van der Waals surface area contributed by atoms with E-state index in [1.807, 2.05) is 5.38 Å². The third-order valence-electron chi connectivity index (χ3n) is 3.57. The van der Waals surface area contributed by atoms with E-state index in [0.717, 1.165) is 16.6 Å². The summed E-state index contributed by atoms with van der Waals surface area (Å²) in [6.07, 6.45) is 12.9. The third kappa shape index (κ3) is 8.62. The van der Waals surface area contributed by atoms with Crippen LogP contribution in [0, 0.1) is 0 Å². The standard InChI is InChI=1S/C17H27BrO2S/c1-2-3-4-5-6-7-8-9-10-11-13-20-17(19)15-12-14-21-16(15)18/h12,14H,2-11,13H2,1H3. The van der Waals surface area contributed by atoms with Crippen LogP contribution >= 0.6 is 27.3 Å². The Bertz CT molecular complexity index is 390. The molecule has 4 heteroatoms. The minimum atomic E-state index is -0.209. The minimum Gasteiger partial charge on any atom is -0.462 e. The molecule has 0 N–H and O–H groups in total. The molecule has 0 amide bonds. The first-order valence-electron chi connectivity index (χ1n) is 8.15. The average molecular weight is 375 g/mol. The minimum absolute atomic E-state index is 0.209. The fourth-order valence-electron chi connectivity index (χ4n) is 2.27. The van der Waals surface area contributed by atoms with E-state index in [9.17, 15) is 4.79 Å². The number of carbonyl (C=O) groups is 1. The molecule has 0 saturated carbocycles. The first kappa shape index (κ1) is 18.7. The van der Waals surface area contributed by atoms with Crippen LogP contribution < -0.4 is 0 Å². The van der Waals surface area contributed by atoms with Crippen molar-refractivity contribution < 1.29 is 9.53 Å². The summed E-state index contributed by atoms with van der Waals surface area (Å²) in [5.74, 6) is -0.209. The van der Waals surface area contributed by atoms with Crippen LogP contribution in [0.1, 0.15) is 81.5 Å². The number of hydrogen-bond acceptors (Lipinski definition) is 3. The van der Waals surface area contributed by atoms with Crippen LogP contribution in [0.2, 0.25) is 0 Å². The van der Waals surface area contributed by atoms with Gasteiger partial charge in [0.05, 0.1) is 16.0 Å². The van der Waals surface area contributed by atoms with Gasteiger partial charge >= 0.3 is 5.97 Å². The maximum Gasteiger partial charge on any atom is 0.340 e. The largest absolute Gasteiger partial charge is 0.462 e. The Hall–Kier alpha value is -0.350. The molecule has 0 aliphatic rings. The maximum absolute atomic E-state index is 11.7. The van der Waals surface area contributed by atoms with Crippen molar-refractivity contribution in [3.8, 4) is 0 Å². The molecule has 1 aromatic rings.